The fraction of sp³-hybridized carbons (Fsp3) is 0.529. The summed E-state index contributed by atoms with van der Waals surface area (Å²) < 4.78 is 15.9. The van der Waals surface area contributed by atoms with Gasteiger partial charge in [-0.2, -0.15) is 4.98 Å². The van der Waals surface area contributed by atoms with Gasteiger partial charge < -0.3 is 14.0 Å². The average molecular weight is 317 g/mol. The number of hydrogen-bond acceptors (Lipinski definition) is 6. The van der Waals surface area contributed by atoms with Crippen LogP contribution in [0.15, 0.2) is 28.8 Å². The average Bonchev–Trinajstić information content (AvgIpc) is 3.05. The van der Waals surface area contributed by atoms with Gasteiger partial charge in [0.1, 0.15) is 5.75 Å². The van der Waals surface area contributed by atoms with Crippen molar-refractivity contribution in [3.63, 3.8) is 0 Å². The van der Waals surface area contributed by atoms with Gasteiger partial charge in [-0.25, -0.2) is 0 Å². The molecule has 0 bridgehead atoms. The Bertz CT molecular complexity index is 610. The van der Waals surface area contributed by atoms with Crippen LogP contribution in [0.5, 0.6) is 5.75 Å². The van der Waals surface area contributed by atoms with E-state index in [-0.39, 0.29) is 0 Å². The molecule has 2 aromatic rings. The molecule has 1 fully saturated rings. The van der Waals surface area contributed by atoms with Gasteiger partial charge in [0.2, 0.25) is 11.7 Å². The Hall–Kier alpha value is -1.92. The lowest BCUT2D eigenvalue weighted by Gasteiger charge is -2.34. The van der Waals surface area contributed by atoms with E-state index in [2.05, 4.69) is 15.0 Å². The number of nitrogens with zero attached hydrogens (tertiary/aromatic N) is 3. The molecular weight excluding hydrogens is 294 g/mol. The number of rotatable bonds is 6. The third-order valence-corrected chi connectivity index (χ3v) is 4.26. The second-order valence-corrected chi connectivity index (χ2v) is 5.82. The van der Waals surface area contributed by atoms with E-state index in [9.17, 15) is 0 Å². The summed E-state index contributed by atoms with van der Waals surface area (Å²) in [6.45, 7) is 2.48. The zero-order chi connectivity index (χ0) is 16.1. The number of benzene rings is 1. The van der Waals surface area contributed by atoms with Gasteiger partial charge in [-0.05, 0) is 43.7 Å². The van der Waals surface area contributed by atoms with E-state index >= 15 is 0 Å². The molecule has 0 amide bonds. The smallest absolute Gasteiger partial charge is 0.241 e. The highest BCUT2D eigenvalue weighted by molar-refractivity contribution is 5.55. The maximum absolute atomic E-state index is 5.43. The number of aromatic nitrogens is 2. The molecule has 0 spiro atoms. The molecule has 0 radical (unpaired) electrons. The molecule has 0 N–H and O–H groups in total. The van der Waals surface area contributed by atoms with Gasteiger partial charge >= 0.3 is 0 Å². The lowest BCUT2D eigenvalue weighted by molar-refractivity contribution is 0.0532. The van der Waals surface area contributed by atoms with Crippen LogP contribution in [0.4, 0.5) is 0 Å². The van der Waals surface area contributed by atoms with Crippen LogP contribution in [-0.2, 0) is 11.3 Å². The summed E-state index contributed by atoms with van der Waals surface area (Å²) in [5.74, 6) is 2.08. The molecular formula is C17H23N3O3. The SMILES string of the molecule is COC[C@@H]1CCCCN1Cc1nc(-c2ccc(OC)cc2)no1. The van der Waals surface area contributed by atoms with Gasteiger partial charge in [0.15, 0.2) is 0 Å². The molecule has 6 nitrogen and oxygen atoms in total. The molecule has 0 aliphatic carbocycles. The Kier molecular flexibility index (Phi) is 5.25. The Labute approximate surface area is 136 Å². The van der Waals surface area contributed by atoms with Crippen molar-refractivity contribution in [2.45, 2.75) is 31.8 Å². The maximum atomic E-state index is 5.43. The van der Waals surface area contributed by atoms with Crippen molar-refractivity contribution in [2.24, 2.45) is 0 Å². The minimum atomic E-state index is 0.435. The van der Waals surface area contributed by atoms with Crippen molar-refractivity contribution in [1.82, 2.24) is 15.0 Å². The number of hydrogen-bond donors (Lipinski definition) is 0. The first-order valence-electron chi connectivity index (χ1n) is 8.00. The van der Waals surface area contributed by atoms with Crippen LogP contribution in [0.1, 0.15) is 25.2 Å². The molecule has 124 valence electrons. The summed E-state index contributed by atoms with van der Waals surface area (Å²) in [6, 6.07) is 8.09. The first kappa shape index (κ1) is 16.0. The predicted molar refractivity (Wildman–Crippen MR) is 86.2 cm³/mol. The van der Waals surface area contributed by atoms with Crippen molar-refractivity contribution in [3.8, 4) is 17.1 Å². The normalized spacial score (nSPS) is 19.0. The second-order valence-electron chi connectivity index (χ2n) is 5.82. The molecule has 1 aliphatic rings. The largest absolute Gasteiger partial charge is 0.497 e. The first-order chi connectivity index (χ1) is 11.3. The fourth-order valence-electron chi connectivity index (χ4n) is 3.00. The zero-order valence-corrected chi connectivity index (χ0v) is 13.7. The number of piperidine rings is 1. The second kappa shape index (κ2) is 7.57. The summed E-state index contributed by atoms with van der Waals surface area (Å²) in [4.78, 5) is 6.90. The lowest BCUT2D eigenvalue weighted by atomic mass is 10.0. The molecule has 1 aromatic carbocycles. The van der Waals surface area contributed by atoms with Gasteiger partial charge in [-0.3, -0.25) is 4.90 Å². The first-order valence-corrected chi connectivity index (χ1v) is 8.00. The van der Waals surface area contributed by atoms with Gasteiger partial charge in [0.25, 0.3) is 0 Å². The van der Waals surface area contributed by atoms with Crippen molar-refractivity contribution in [1.29, 1.82) is 0 Å². The summed E-state index contributed by atoms with van der Waals surface area (Å²) >= 11 is 0. The monoisotopic (exact) mass is 317 g/mol. The number of likely N-dealkylation sites (tertiary alicyclic amines) is 1. The predicted octanol–water partition coefficient (Wildman–Crippen LogP) is 2.75. The molecule has 6 heteroatoms. The summed E-state index contributed by atoms with van der Waals surface area (Å²) in [5.41, 5.74) is 0.924. The van der Waals surface area contributed by atoms with E-state index in [1.54, 1.807) is 14.2 Å². The Morgan fingerprint density at radius 1 is 1.22 bits per heavy atom. The highest BCUT2D eigenvalue weighted by Gasteiger charge is 2.24. The summed E-state index contributed by atoms with van der Waals surface area (Å²) in [7, 11) is 3.40. The highest BCUT2D eigenvalue weighted by Crippen LogP contribution is 2.22. The molecule has 23 heavy (non-hydrogen) atoms. The molecule has 1 aromatic heterocycles. The molecule has 1 aliphatic heterocycles. The van der Waals surface area contributed by atoms with Crippen molar-refractivity contribution in [3.05, 3.63) is 30.2 Å². The third kappa shape index (κ3) is 3.89. The maximum Gasteiger partial charge on any atom is 0.241 e. The molecule has 0 unspecified atom stereocenters. The highest BCUT2D eigenvalue weighted by atomic mass is 16.5. The van der Waals surface area contributed by atoms with Crippen LogP contribution in [0.3, 0.4) is 0 Å². The molecule has 0 saturated carbocycles. The van der Waals surface area contributed by atoms with E-state index in [0.717, 1.165) is 30.9 Å². The van der Waals surface area contributed by atoms with Gasteiger partial charge in [0, 0.05) is 18.7 Å². The Balaban J connectivity index is 1.68. The lowest BCUT2D eigenvalue weighted by Crippen LogP contribution is -2.41. The molecule has 2 heterocycles. The van der Waals surface area contributed by atoms with Gasteiger partial charge in [0.05, 0.1) is 20.3 Å². The summed E-state index contributed by atoms with van der Waals surface area (Å²) in [5, 5.41) is 4.09. The minimum absolute atomic E-state index is 0.435. The van der Waals surface area contributed by atoms with Crippen LogP contribution in [0.2, 0.25) is 0 Å². The quantitative estimate of drug-likeness (QED) is 0.816. The van der Waals surface area contributed by atoms with Gasteiger partial charge in [-0.1, -0.05) is 11.6 Å². The van der Waals surface area contributed by atoms with E-state index in [1.807, 2.05) is 24.3 Å². The number of methoxy groups -OCH3 is 2. The molecule has 1 saturated heterocycles. The fourth-order valence-corrected chi connectivity index (χ4v) is 3.00. The van der Waals surface area contributed by atoms with Crippen LogP contribution in [-0.4, -0.2) is 48.5 Å². The van der Waals surface area contributed by atoms with Crippen LogP contribution in [0.25, 0.3) is 11.4 Å². The van der Waals surface area contributed by atoms with Crippen LogP contribution >= 0.6 is 0 Å². The van der Waals surface area contributed by atoms with Gasteiger partial charge in [-0.15, -0.1) is 0 Å². The standard InChI is InChI=1S/C17H23N3O3/c1-21-12-14-5-3-4-10-20(14)11-16-18-17(19-23-16)13-6-8-15(22-2)9-7-13/h6-9,14H,3-5,10-12H2,1-2H3/t14-/m0/s1. The van der Waals surface area contributed by atoms with E-state index in [1.165, 1.54) is 12.8 Å². The van der Waals surface area contributed by atoms with E-state index in [0.29, 0.717) is 24.3 Å². The third-order valence-electron chi connectivity index (χ3n) is 4.26. The van der Waals surface area contributed by atoms with Crippen LogP contribution in [0, 0.1) is 0 Å². The molecule has 3 rings (SSSR count). The topological polar surface area (TPSA) is 60.6 Å². The van der Waals surface area contributed by atoms with Crippen molar-refractivity contribution < 1.29 is 14.0 Å². The summed E-state index contributed by atoms with van der Waals surface area (Å²) in [6.07, 6.45) is 3.62. The Morgan fingerprint density at radius 3 is 2.78 bits per heavy atom. The van der Waals surface area contributed by atoms with Crippen LogP contribution < -0.4 is 4.74 Å². The minimum Gasteiger partial charge on any atom is -0.497 e. The van der Waals surface area contributed by atoms with E-state index < -0.39 is 0 Å². The number of ether oxygens (including phenoxy) is 2. The molecule has 1 atom stereocenters. The van der Waals surface area contributed by atoms with E-state index in [4.69, 9.17) is 14.0 Å². The van der Waals surface area contributed by atoms with Crippen molar-refractivity contribution >= 4 is 0 Å². The zero-order valence-electron chi connectivity index (χ0n) is 13.7. The van der Waals surface area contributed by atoms with Crippen molar-refractivity contribution in [2.75, 3.05) is 27.4 Å². The Morgan fingerprint density at radius 2 is 2.04 bits per heavy atom.